The Hall–Kier alpha value is -0.100. The van der Waals surface area contributed by atoms with E-state index in [0.717, 1.165) is 38.0 Å². The van der Waals surface area contributed by atoms with Crippen LogP contribution in [0.4, 0.5) is 0 Å². The van der Waals surface area contributed by atoms with Crippen molar-refractivity contribution in [1.82, 2.24) is 0 Å². The maximum atomic E-state index is 10.6. The average molecular weight is 445 g/mol. The van der Waals surface area contributed by atoms with Gasteiger partial charge < -0.3 is 5.11 Å². The van der Waals surface area contributed by atoms with E-state index in [2.05, 4.69) is 43.9 Å². The molecule has 0 aromatic carbocycles. The fraction of sp³-hybridized carbons (Fsp3) is 0.963. The smallest absolute Gasteiger partial charge is 0.306 e. The summed E-state index contributed by atoms with van der Waals surface area (Å²) in [5.41, 5.74) is 0. The van der Waals surface area contributed by atoms with Crippen LogP contribution in [0.5, 0.6) is 0 Å². The topological polar surface area (TPSA) is 37.3 Å². The van der Waals surface area contributed by atoms with Crippen LogP contribution in [0.2, 0.25) is 0 Å². The molecule has 3 heteroatoms. The number of carbonyl (C=O) groups is 1. The lowest BCUT2D eigenvalue weighted by Gasteiger charge is -2.38. The lowest BCUT2D eigenvalue weighted by Crippen LogP contribution is -2.32. The summed E-state index contributed by atoms with van der Waals surface area (Å²) in [5.74, 6) is 0.218. The van der Waals surface area contributed by atoms with Crippen molar-refractivity contribution < 1.29 is 9.90 Å². The number of carboxylic acid groups (broad SMARTS) is 1. The number of unbranched alkanes of at least 4 members (excludes halogenated alkanes) is 5. The molecule has 1 N–H and O–H groups in total. The predicted molar refractivity (Wildman–Crippen MR) is 140 cm³/mol. The van der Waals surface area contributed by atoms with E-state index in [0.29, 0.717) is 5.16 Å². The third-order valence-corrected chi connectivity index (χ3v) is 7.56. The van der Waals surface area contributed by atoms with Crippen LogP contribution in [-0.2, 0) is 4.79 Å². The summed E-state index contributed by atoms with van der Waals surface area (Å²) in [7, 11) is 3.32. The van der Waals surface area contributed by atoms with E-state index in [1.165, 1.54) is 77.0 Å². The molecule has 0 aliphatic heterocycles. The predicted octanol–water partition coefficient (Wildman–Crippen LogP) is 9.65. The molecule has 0 aliphatic rings. The highest BCUT2D eigenvalue weighted by atomic mass is 31.0. The molecule has 0 saturated carbocycles. The van der Waals surface area contributed by atoms with Crippen LogP contribution in [0.25, 0.3) is 0 Å². The van der Waals surface area contributed by atoms with Gasteiger partial charge in [0, 0.05) is 0 Å². The molecule has 0 radical (unpaired) electrons. The molecular formula is C27H57O2P. The quantitative estimate of drug-likeness (QED) is 0.201. The van der Waals surface area contributed by atoms with Gasteiger partial charge in [0.15, 0.2) is 0 Å². The first-order chi connectivity index (χ1) is 14.4. The van der Waals surface area contributed by atoms with Gasteiger partial charge in [-0.25, -0.2) is 0 Å². The van der Waals surface area contributed by atoms with Crippen molar-refractivity contribution in [2.75, 3.05) is 0 Å². The highest BCUT2D eigenvalue weighted by Crippen LogP contribution is 2.43. The number of aliphatic carboxylic acids is 1. The molecule has 0 aliphatic carbocycles. The van der Waals surface area contributed by atoms with Gasteiger partial charge >= 0.3 is 5.97 Å². The summed E-state index contributed by atoms with van der Waals surface area (Å²) >= 11 is 0. The molecule has 0 bridgehead atoms. The molecule has 0 spiro atoms. The van der Waals surface area contributed by atoms with Crippen molar-refractivity contribution in [3.05, 3.63) is 0 Å². The molecule has 0 fully saturated rings. The summed E-state index contributed by atoms with van der Waals surface area (Å²) < 4.78 is 0. The Bertz CT molecular complexity index is 354. The molecule has 0 heterocycles. The zero-order chi connectivity index (χ0) is 23.3. The van der Waals surface area contributed by atoms with Crippen LogP contribution in [0, 0.1) is 11.8 Å². The molecule has 2 atom stereocenters. The highest BCUT2D eigenvalue weighted by molar-refractivity contribution is 7.19. The van der Waals surface area contributed by atoms with Crippen LogP contribution >= 0.6 is 9.24 Å². The summed E-state index contributed by atoms with van der Waals surface area (Å²) in [6.45, 7) is 13.4. The summed E-state index contributed by atoms with van der Waals surface area (Å²) in [6, 6.07) is 0. The highest BCUT2D eigenvalue weighted by Gasteiger charge is 2.32. The molecule has 30 heavy (non-hydrogen) atoms. The molecular weight excluding hydrogens is 387 g/mol. The van der Waals surface area contributed by atoms with E-state index in [4.69, 9.17) is 5.11 Å². The standard InChI is InChI=1S/C18H39P.C9H18O2/c1-5-9-13-17(14-10-6-2)18(19,15-11-7-3)16-12-8-4;1-3-5-7-8(6-4-2)9(10)11/h17H,5-16,19H2,1-4H3;8H,3-7H2,1-2H3,(H,10,11). The van der Waals surface area contributed by atoms with Crippen LogP contribution in [0.1, 0.15) is 151 Å². The number of rotatable bonds is 19. The Morgan fingerprint density at radius 1 is 0.667 bits per heavy atom. The molecule has 2 nitrogen and oxygen atoms in total. The zero-order valence-corrected chi connectivity index (χ0v) is 22.8. The van der Waals surface area contributed by atoms with E-state index in [-0.39, 0.29) is 5.92 Å². The van der Waals surface area contributed by atoms with E-state index >= 15 is 0 Å². The second-order valence-corrected chi connectivity index (χ2v) is 10.5. The van der Waals surface area contributed by atoms with Crippen LogP contribution in [0.3, 0.4) is 0 Å². The lowest BCUT2D eigenvalue weighted by molar-refractivity contribution is -0.142. The van der Waals surface area contributed by atoms with Gasteiger partial charge in [0.2, 0.25) is 0 Å². The normalized spacial score (nSPS) is 12.5. The van der Waals surface area contributed by atoms with Crippen molar-refractivity contribution >= 4 is 15.2 Å². The molecule has 0 saturated heterocycles. The van der Waals surface area contributed by atoms with Crippen LogP contribution in [0.15, 0.2) is 0 Å². The number of hydrogen-bond donors (Lipinski definition) is 1. The number of carboxylic acids is 1. The Morgan fingerprint density at radius 2 is 1.07 bits per heavy atom. The van der Waals surface area contributed by atoms with Gasteiger partial charge in [-0.3, -0.25) is 4.79 Å². The minimum Gasteiger partial charge on any atom is -0.481 e. The van der Waals surface area contributed by atoms with Crippen molar-refractivity contribution in [3.63, 3.8) is 0 Å². The van der Waals surface area contributed by atoms with E-state index < -0.39 is 5.97 Å². The van der Waals surface area contributed by atoms with Crippen molar-refractivity contribution in [1.29, 1.82) is 0 Å². The van der Waals surface area contributed by atoms with Gasteiger partial charge in [-0.2, -0.15) is 0 Å². The molecule has 0 aromatic rings. The maximum Gasteiger partial charge on any atom is 0.306 e. The Morgan fingerprint density at radius 3 is 1.40 bits per heavy atom. The Labute approximate surface area is 193 Å². The van der Waals surface area contributed by atoms with E-state index in [9.17, 15) is 4.79 Å². The third-order valence-electron chi connectivity index (χ3n) is 6.51. The molecule has 0 amide bonds. The van der Waals surface area contributed by atoms with Gasteiger partial charge in [-0.1, -0.05) is 112 Å². The molecule has 2 unspecified atom stereocenters. The van der Waals surface area contributed by atoms with Gasteiger partial charge in [-0.05, 0) is 49.6 Å². The maximum absolute atomic E-state index is 10.6. The second kappa shape index (κ2) is 22.1. The second-order valence-electron chi connectivity index (χ2n) is 9.39. The van der Waals surface area contributed by atoms with Gasteiger partial charge in [0.1, 0.15) is 0 Å². The zero-order valence-electron chi connectivity index (χ0n) is 21.6. The van der Waals surface area contributed by atoms with Crippen molar-refractivity contribution in [2.24, 2.45) is 11.8 Å². The molecule has 0 rings (SSSR count). The monoisotopic (exact) mass is 444 g/mol. The molecule has 182 valence electrons. The van der Waals surface area contributed by atoms with Gasteiger partial charge in [-0.15, -0.1) is 9.24 Å². The van der Waals surface area contributed by atoms with Gasteiger partial charge in [0.05, 0.1) is 5.92 Å². The number of hydrogen-bond acceptors (Lipinski definition) is 1. The first-order valence-electron chi connectivity index (χ1n) is 13.4. The van der Waals surface area contributed by atoms with Crippen molar-refractivity contribution in [2.45, 2.75) is 156 Å². The SMILES string of the molecule is CCCCC(CCC)C(=O)O.CCCCC(CCCC)C(P)(CCCC)CCCC. The lowest BCUT2D eigenvalue weighted by atomic mass is 9.77. The van der Waals surface area contributed by atoms with E-state index in [1.807, 2.05) is 6.92 Å². The minimum absolute atomic E-state index is 0.0973. The van der Waals surface area contributed by atoms with Crippen LogP contribution < -0.4 is 0 Å². The fourth-order valence-corrected chi connectivity index (χ4v) is 5.10. The first kappa shape index (κ1) is 32.1. The summed E-state index contributed by atoms with van der Waals surface area (Å²) in [4.78, 5) is 10.6. The first-order valence-corrected chi connectivity index (χ1v) is 14.0. The Balaban J connectivity index is 0. The summed E-state index contributed by atoms with van der Waals surface area (Å²) in [6.07, 6.45) is 21.6. The summed E-state index contributed by atoms with van der Waals surface area (Å²) in [5, 5.41) is 9.27. The minimum atomic E-state index is -0.625. The van der Waals surface area contributed by atoms with E-state index in [1.54, 1.807) is 0 Å². The van der Waals surface area contributed by atoms with Crippen molar-refractivity contribution in [3.8, 4) is 0 Å². The Kier molecular flexibility index (Phi) is 23.6. The largest absolute Gasteiger partial charge is 0.481 e. The van der Waals surface area contributed by atoms with Crippen LogP contribution in [-0.4, -0.2) is 16.2 Å². The average Bonchev–Trinajstić information content (AvgIpc) is 2.74. The fourth-order valence-electron chi connectivity index (χ4n) is 4.36. The third kappa shape index (κ3) is 16.6. The van der Waals surface area contributed by atoms with Gasteiger partial charge in [0.25, 0.3) is 0 Å². The molecule has 0 aromatic heterocycles.